The van der Waals surface area contributed by atoms with Crippen LogP contribution >= 0.6 is 0 Å². The molecular formula is C21H17FN2O3. The average Bonchev–Trinajstić information content (AvgIpc) is 2.68. The summed E-state index contributed by atoms with van der Waals surface area (Å²) in [6.45, 7) is -0.249. The minimum atomic E-state index is -0.358. The molecule has 0 aliphatic heterocycles. The van der Waals surface area contributed by atoms with E-state index in [-0.39, 0.29) is 18.3 Å². The number of para-hydroxylation sites is 1. The number of anilines is 1. The van der Waals surface area contributed by atoms with E-state index in [0.717, 1.165) is 0 Å². The summed E-state index contributed by atoms with van der Waals surface area (Å²) in [6.07, 6.45) is 1.40. The van der Waals surface area contributed by atoms with E-state index in [1.165, 1.54) is 18.3 Å². The topological polar surface area (TPSA) is 59.9 Å². The van der Waals surface area contributed by atoms with Crippen molar-refractivity contribution in [3.8, 4) is 11.5 Å². The minimum Gasteiger partial charge on any atom is -0.457 e. The Morgan fingerprint density at radius 3 is 2.48 bits per heavy atom. The molecule has 3 aromatic carbocycles. The smallest absolute Gasteiger partial charge is 0.265 e. The molecule has 5 nitrogen and oxygen atoms in total. The van der Waals surface area contributed by atoms with Gasteiger partial charge in [0.2, 0.25) is 0 Å². The summed E-state index contributed by atoms with van der Waals surface area (Å²) in [4.78, 5) is 16.9. The monoisotopic (exact) mass is 364 g/mol. The zero-order valence-electron chi connectivity index (χ0n) is 14.3. The van der Waals surface area contributed by atoms with Gasteiger partial charge in [0.05, 0.1) is 6.21 Å². The van der Waals surface area contributed by atoms with Crippen molar-refractivity contribution < 1.29 is 18.8 Å². The van der Waals surface area contributed by atoms with Gasteiger partial charge in [-0.3, -0.25) is 4.79 Å². The number of hydrogen-bond donors (Lipinski definition) is 1. The summed E-state index contributed by atoms with van der Waals surface area (Å²) in [5, 5.41) is 6.40. The number of ether oxygens (including phenoxy) is 1. The number of oxime groups is 1. The first-order chi connectivity index (χ1) is 13.2. The number of halogens is 1. The maximum Gasteiger partial charge on any atom is 0.265 e. The van der Waals surface area contributed by atoms with Crippen molar-refractivity contribution in [2.45, 2.75) is 0 Å². The Kier molecular flexibility index (Phi) is 6.14. The van der Waals surface area contributed by atoms with Crippen molar-refractivity contribution in [2.75, 3.05) is 11.9 Å². The zero-order valence-corrected chi connectivity index (χ0v) is 14.3. The molecule has 0 heterocycles. The lowest BCUT2D eigenvalue weighted by Gasteiger charge is -2.08. The Morgan fingerprint density at radius 1 is 0.963 bits per heavy atom. The number of nitrogens with zero attached hydrogens (tertiary/aromatic N) is 1. The van der Waals surface area contributed by atoms with E-state index in [4.69, 9.17) is 9.57 Å². The Balaban J connectivity index is 1.49. The van der Waals surface area contributed by atoms with Crippen LogP contribution in [0.25, 0.3) is 0 Å². The Morgan fingerprint density at radius 2 is 1.70 bits per heavy atom. The Labute approximate surface area is 156 Å². The fourth-order valence-corrected chi connectivity index (χ4v) is 2.20. The molecule has 1 N–H and O–H groups in total. The number of benzene rings is 3. The van der Waals surface area contributed by atoms with Crippen LogP contribution in [0.3, 0.4) is 0 Å². The molecule has 6 heteroatoms. The van der Waals surface area contributed by atoms with Gasteiger partial charge in [0.25, 0.3) is 5.91 Å². The van der Waals surface area contributed by atoms with E-state index in [1.54, 1.807) is 36.4 Å². The van der Waals surface area contributed by atoms with Gasteiger partial charge in [-0.2, -0.15) is 0 Å². The lowest BCUT2D eigenvalue weighted by Crippen LogP contribution is -2.16. The number of carbonyl (C=O) groups is 1. The van der Waals surface area contributed by atoms with Crippen LogP contribution in [0.5, 0.6) is 11.5 Å². The van der Waals surface area contributed by atoms with Crippen LogP contribution < -0.4 is 10.1 Å². The van der Waals surface area contributed by atoms with Gasteiger partial charge in [-0.05, 0) is 42.0 Å². The van der Waals surface area contributed by atoms with Crippen LogP contribution in [0.4, 0.5) is 10.1 Å². The second kappa shape index (κ2) is 9.15. The highest BCUT2D eigenvalue weighted by atomic mass is 19.1. The lowest BCUT2D eigenvalue weighted by molar-refractivity contribution is -0.120. The minimum absolute atomic E-state index is 0.249. The lowest BCUT2D eigenvalue weighted by atomic mass is 10.2. The molecule has 0 aromatic heterocycles. The van der Waals surface area contributed by atoms with Crippen LogP contribution in [-0.4, -0.2) is 18.7 Å². The number of carbonyl (C=O) groups excluding carboxylic acids is 1. The summed E-state index contributed by atoms with van der Waals surface area (Å²) in [5.41, 5.74) is 1.25. The first-order valence-electron chi connectivity index (χ1n) is 8.23. The van der Waals surface area contributed by atoms with E-state index in [2.05, 4.69) is 10.5 Å². The first kappa shape index (κ1) is 18.1. The van der Waals surface area contributed by atoms with Crippen LogP contribution in [0.2, 0.25) is 0 Å². The van der Waals surface area contributed by atoms with E-state index >= 15 is 0 Å². The second-order valence-electron chi connectivity index (χ2n) is 5.55. The zero-order chi connectivity index (χ0) is 18.9. The second-order valence-corrected chi connectivity index (χ2v) is 5.55. The molecule has 0 saturated carbocycles. The van der Waals surface area contributed by atoms with Gasteiger partial charge in [-0.25, -0.2) is 4.39 Å². The molecule has 0 saturated heterocycles. The quantitative estimate of drug-likeness (QED) is 0.492. The van der Waals surface area contributed by atoms with Crippen molar-refractivity contribution in [3.05, 3.63) is 90.2 Å². The van der Waals surface area contributed by atoms with E-state index in [1.807, 2.05) is 30.3 Å². The molecule has 0 unspecified atom stereocenters. The molecular weight excluding hydrogens is 347 g/mol. The van der Waals surface area contributed by atoms with E-state index in [9.17, 15) is 9.18 Å². The van der Waals surface area contributed by atoms with Crippen LogP contribution in [0.15, 0.2) is 84.0 Å². The maximum atomic E-state index is 12.8. The highest BCUT2D eigenvalue weighted by Gasteiger charge is 2.04. The summed E-state index contributed by atoms with van der Waals surface area (Å²) in [5.74, 6) is 0.628. The van der Waals surface area contributed by atoms with Crippen LogP contribution in [0.1, 0.15) is 5.56 Å². The van der Waals surface area contributed by atoms with Gasteiger partial charge in [0.15, 0.2) is 6.61 Å². The maximum absolute atomic E-state index is 12.8. The Bertz CT molecular complexity index is 912. The van der Waals surface area contributed by atoms with E-state index in [0.29, 0.717) is 22.7 Å². The third kappa shape index (κ3) is 5.97. The number of amides is 1. The Hall–Kier alpha value is -3.67. The van der Waals surface area contributed by atoms with Gasteiger partial charge in [0.1, 0.15) is 17.3 Å². The highest BCUT2D eigenvalue weighted by Crippen LogP contribution is 2.23. The van der Waals surface area contributed by atoms with Crippen molar-refractivity contribution in [2.24, 2.45) is 5.16 Å². The molecule has 0 atom stereocenters. The number of nitrogens with one attached hydrogen (secondary N) is 1. The third-order valence-corrected chi connectivity index (χ3v) is 3.44. The predicted octanol–water partition coefficient (Wildman–Crippen LogP) is 4.61. The first-order valence-corrected chi connectivity index (χ1v) is 8.23. The van der Waals surface area contributed by atoms with E-state index < -0.39 is 0 Å². The average molecular weight is 364 g/mol. The number of hydrogen-bond acceptors (Lipinski definition) is 4. The normalized spacial score (nSPS) is 10.6. The molecule has 3 rings (SSSR count). The fourth-order valence-electron chi connectivity index (χ4n) is 2.20. The molecule has 0 aliphatic rings. The standard InChI is InChI=1S/C21H17FN2O3/c22-17-11-9-16(10-12-17)14-23-26-15-21(25)24-18-5-4-8-20(13-18)27-19-6-2-1-3-7-19/h1-14H,15H2,(H,24,25)/b23-14+. The number of rotatable bonds is 7. The molecule has 0 spiro atoms. The largest absolute Gasteiger partial charge is 0.457 e. The van der Waals surface area contributed by atoms with Crippen LogP contribution in [0, 0.1) is 5.82 Å². The predicted molar refractivity (Wildman–Crippen MR) is 102 cm³/mol. The summed E-state index contributed by atoms with van der Waals surface area (Å²) in [7, 11) is 0. The molecule has 0 fully saturated rings. The van der Waals surface area contributed by atoms with Gasteiger partial charge >= 0.3 is 0 Å². The molecule has 27 heavy (non-hydrogen) atoms. The van der Waals surface area contributed by atoms with Crippen LogP contribution in [-0.2, 0) is 9.63 Å². The molecule has 0 radical (unpaired) electrons. The van der Waals surface area contributed by atoms with Crippen molar-refractivity contribution in [1.82, 2.24) is 0 Å². The summed E-state index contributed by atoms with van der Waals surface area (Å²) in [6, 6.07) is 22.1. The van der Waals surface area contributed by atoms with Gasteiger partial charge < -0.3 is 14.9 Å². The van der Waals surface area contributed by atoms with Gasteiger partial charge in [-0.1, -0.05) is 41.6 Å². The molecule has 136 valence electrons. The molecule has 3 aromatic rings. The van der Waals surface area contributed by atoms with Crippen molar-refractivity contribution >= 4 is 17.8 Å². The summed E-state index contributed by atoms with van der Waals surface area (Å²) < 4.78 is 18.5. The molecule has 0 bridgehead atoms. The van der Waals surface area contributed by atoms with Crippen molar-refractivity contribution in [1.29, 1.82) is 0 Å². The highest BCUT2D eigenvalue weighted by molar-refractivity contribution is 5.92. The third-order valence-electron chi connectivity index (χ3n) is 3.44. The SMILES string of the molecule is O=C(CO/N=C/c1ccc(F)cc1)Nc1cccc(Oc2ccccc2)c1. The van der Waals surface area contributed by atoms with Gasteiger partial charge in [0, 0.05) is 11.8 Å². The summed E-state index contributed by atoms with van der Waals surface area (Å²) >= 11 is 0. The van der Waals surface area contributed by atoms with Gasteiger partial charge in [-0.15, -0.1) is 0 Å². The van der Waals surface area contributed by atoms with Crippen molar-refractivity contribution in [3.63, 3.8) is 0 Å². The fraction of sp³-hybridized carbons (Fsp3) is 0.0476. The molecule has 0 aliphatic carbocycles. The molecule has 1 amide bonds.